The highest BCUT2D eigenvalue weighted by molar-refractivity contribution is 6.43. The Morgan fingerprint density at radius 2 is 2.22 bits per heavy atom. The molecule has 1 aliphatic heterocycles. The molecule has 0 aliphatic carbocycles. The summed E-state index contributed by atoms with van der Waals surface area (Å²) in [5.41, 5.74) is 0.487. The number of amides is 1. The minimum Gasteiger partial charge on any atom is -0.337 e. The summed E-state index contributed by atoms with van der Waals surface area (Å²) in [6, 6.07) is 5.52. The normalized spacial score (nSPS) is 19.9. The van der Waals surface area contributed by atoms with Crippen molar-refractivity contribution < 1.29 is 4.79 Å². The molecule has 18 heavy (non-hydrogen) atoms. The van der Waals surface area contributed by atoms with Crippen molar-refractivity contribution in [2.24, 2.45) is 0 Å². The molecule has 0 aromatic heterocycles. The van der Waals surface area contributed by atoms with E-state index in [2.05, 4.69) is 5.32 Å². The molecule has 1 aromatic carbocycles. The molecule has 1 amide bonds. The summed E-state index contributed by atoms with van der Waals surface area (Å²) >= 11 is 12.0. The van der Waals surface area contributed by atoms with Crippen LogP contribution >= 0.6 is 23.2 Å². The summed E-state index contributed by atoms with van der Waals surface area (Å²) in [5, 5.41) is 3.98. The van der Waals surface area contributed by atoms with Gasteiger partial charge in [0.1, 0.15) is 0 Å². The van der Waals surface area contributed by atoms with Crippen molar-refractivity contribution in [3.05, 3.63) is 33.8 Å². The molecule has 0 radical (unpaired) electrons. The topological polar surface area (TPSA) is 32.3 Å². The van der Waals surface area contributed by atoms with Crippen LogP contribution in [0.1, 0.15) is 23.2 Å². The van der Waals surface area contributed by atoms with Gasteiger partial charge in [0.15, 0.2) is 0 Å². The number of rotatable bonds is 2. The van der Waals surface area contributed by atoms with Gasteiger partial charge in [0.2, 0.25) is 0 Å². The molecule has 1 saturated heterocycles. The van der Waals surface area contributed by atoms with Crippen LogP contribution in [0.4, 0.5) is 0 Å². The first-order valence-electron chi connectivity index (χ1n) is 6.04. The van der Waals surface area contributed by atoms with Crippen LogP contribution in [0, 0.1) is 0 Å². The highest BCUT2D eigenvalue weighted by atomic mass is 35.5. The summed E-state index contributed by atoms with van der Waals surface area (Å²) < 4.78 is 0. The number of hydrogen-bond acceptors (Lipinski definition) is 2. The van der Waals surface area contributed by atoms with Crippen LogP contribution < -0.4 is 5.32 Å². The van der Waals surface area contributed by atoms with E-state index >= 15 is 0 Å². The fraction of sp³-hybridized carbons (Fsp3) is 0.462. The van der Waals surface area contributed by atoms with Gasteiger partial charge in [-0.2, -0.15) is 0 Å². The lowest BCUT2D eigenvalue weighted by Gasteiger charge is -2.32. The first kappa shape index (κ1) is 13.7. The third-order valence-corrected chi connectivity index (χ3v) is 4.12. The van der Waals surface area contributed by atoms with E-state index in [1.807, 2.05) is 11.9 Å². The number of carbonyl (C=O) groups excluding carboxylic acids is 1. The number of piperidine rings is 1. The van der Waals surface area contributed by atoms with Gasteiger partial charge in [-0.3, -0.25) is 4.79 Å². The van der Waals surface area contributed by atoms with Gasteiger partial charge in [-0.15, -0.1) is 0 Å². The molecule has 1 atom stereocenters. The van der Waals surface area contributed by atoms with Gasteiger partial charge in [-0.05, 0) is 32.0 Å². The smallest absolute Gasteiger partial charge is 0.255 e. The minimum absolute atomic E-state index is 0.0394. The molecule has 1 fully saturated rings. The molecule has 0 spiro atoms. The maximum Gasteiger partial charge on any atom is 0.255 e. The van der Waals surface area contributed by atoms with E-state index in [0.717, 1.165) is 25.9 Å². The third kappa shape index (κ3) is 2.79. The van der Waals surface area contributed by atoms with Crippen LogP contribution in [0.15, 0.2) is 18.2 Å². The molecule has 1 heterocycles. The van der Waals surface area contributed by atoms with Gasteiger partial charge in [0.05, 0.1) is 15.6 Å². The van der Waals surface area contributed by atoms with Gasteiger partial charge >= 0.3 is 0 Å². The molecule has 98 valence electrons. The standard InChI is InChI=1S/C13H16Cl2N2O/c1-16-9-4-3-7-17(8-9)13(18)10-5-2-6-11(14)12(10)15/h2,5-6,9,16H,3-4,7-8H2,1H3. The lowest BCUT2D eigenvalue weighted by atomic mass is 10.0. The second-order valence-electron chi connectivity index (χ2n) is 4.48. The second-order valence-corrected chi connectivity index (χ2v) is 5.27. The Labute approximate surface area is 117 Å². The second kappa shape index (κ2) is 5.91. The van der Waals surface area contributed by atoms with Crippen molar-refractivity contribution in [2.45, 2.75) is 18.9 Å². The largest absolute Gasteiger partial charge is 0.337 e. The van der Waals surface area contributed by atoms with Crippen molar-refractivity contribution in [3.63, 3.8) is 0 Å². The van der Waals surface area contributed by atoms with Crippen LogP contribution in [-0.4, -0.2) is 37.0 Å². The number of nitrogens with one attached hydrogen (secondary N) is 1. The summed E-state index contributed by atoms with van der Waals surface area (Å²) in [6.07, 6.45) is 2.11. The Morgan fingerprint density at radius 3 is 2.94 bits per heavy atom. The van der Waals surface area contributed by atoms with Crippen LogP contribution in [-0.2, 0) is 0 Å². The monoisotopic (exact) mass is 286 g/mol. The Morgan fingerprint density at radius 1 is 1.44 bits per heavy atom. The third-order valence-electron chi connectivity index (χ3n) is 3.30. The Bertz CT molecular complexity index is 451. The number of carbonyl (C=O) groups is 1. The number of likely N-dealkylation sites (tertiary alicyclic amines) is 1. The lowest BCUT2D eigenvalue weighted by Crippen LogP contribution is -2.47. The maximum absolute atomic E-state index is 12.4. The predicted molar refractivity (Wildman–Crippen MR) is 74.4 cm³/mol. The molecule has 1 N–H and O–H groups in total. The highest BCUT2D eigenvalue weighted by Gasteiger charge is 2.25. The zero-order valence-corrected chi connectivity index (χ0v) is 11.8. The van der Waals surface area contributed by atoms with Gasteiger partial charge in [0.25, 0.3) is 5.91 Å². The average Bonchev–Trinajstić information content (AvgIpc) is 2.41. The van der Waals surface area contributed by atoms with Gasteiger partial charge in [-0.1, -0.05) is 29.3 Å². The van der Waals surface area contributed by atoms with Crippen LogP contribution in [0.2, 0.25) is 10.0 Å². The van der Waals surface area contributed by atoms with Crippen LogP contribution in [0.25, 0.3) is 0 Å². The zero-order chi connectivity index (χ0) is 13.1. The summed E-state index contributed by atoms with van der Waals surface area (Å²) in [7, 11) is 1.92. The molecule has 1 unspecified atom stereocenters. The van der Waals surface area contributed by atoms with E-state index in [-0.39, 0.29) is 5.91 Å². The van der Waals surface area contributed by atoms with Gasteiger partial charge in [-0.25, -0.2) is 0 Å². The van der Waals surface area contributed by atoms with Crippen molar-refractivity contribution in [3.8, 4) is 0 Å². The fourth-order valence-electron chi connectivity index (χ4n) is 2.24. The van der Waals surface area contributed by atoms with Crippen molar-refractivity contribution >= 4 is 29.1 Å². The SMILES string of the molecule is CNC1CCCN(C(=O)c2cccc(Cl)c2Cl)C1. The quantitative estimate of drug-likeness (QED) is 0.907. The molecular weight excluding hydrogens is 271 g/mol. The minimum atomic E-state index is -0.0394. The molecular formula is C13H16Cl2N2O. The van der Waals surface area contributed by atoms with Crippen molar-refractivity contribution in [1.82, 2.24) is 10.2 Å². The number of nitrogens with zero attached hydrogens (tertiary/aromatic N) is 1. The number of halogens is 2. The van der Waals surface area contributed by atoms with E-state index < -0.39 is 0 Å². The number of benzene rings is 1. The van der Waals surface area contributed by atoms with Crippen molar-refractivity contribution in [2.75, 3.05) is 20.1 Å². The first-order valence-corrected chi connectivity index (χ1v) is 6.79. The van der Waals surface area contributed by atoms with E-state index in [9.17, 15) is 4.79 Å². The predicted octanol–water partition coefficient (Wildman–Crippen LogP) is 2.82. The average molecular weight is 287 g/mol. The van der Waals surface area contributed by atoms with Gasteiger partial charge in [0, 0.05) is 19.1 Å². The van der Waals surface area contributed by atoms with E-state index in [0.29, 0.717) is 21.7 Å². The molecule has 5 heteroatoms. The molecule has 3 nitrogen and oxygen atoms in total. The number of likely N-dealkylation sites (N-methyl/N-ethyl adjacent to an activating group) is 1. The molecule has 1 aliphatic rings. The first-order chi connectivity index (χ1) is 8.63. The van der Waals surface area contributed by atoms with Crippen LogP contribution in [0.5, 0.6) is 0 Å². The number of hydrogen-bond donors (Lipinski definition) is 1. The Kier molecular flexibility index (Phi) is 4.49. The molecule has 1 aromatic rings. The Hall–Kier alpha value is -0.770. The summed E-state index contributed by atoms with van der Waals surface area (Å²) in [4.78, 5) is 14.2. The lowest BCUT2D eigenvalue weighted by molar-refractivity contribution is 0.0698. The summed E-state index contributed by atoms with van der Waals surface area (Å²) in [6.45, 7) is 1.50. The van der Waals surface area contributed by atoms with E-state index in [1.165, 1.54) is 0 Å². The van der Waals surface area contributed by atoms with E-state index in [1.54, 1.807) is 18.2 Å². The molecule has 0 bridgehead atoms. The highest BCUT2D eigenvalue weighted by Crippen LogP contribution is 2.27. The molecule has 2 rings (SSSR count). The van der Waals surface area contributed by atoms with E-state index in [4.69, 9.17) is 23.2 Å². The van der Waals surface area contributed by atoms with Gasteiger partial charge < -0.3 is 10.2 Å². The maximum atomic E-state index is 12.4. The zero-order valence-electron chi connectivity index (χ0n) is 10.2. The van der Waals surface area contributed by atoms with Crippen molar-refractivity contribution in [1.29, 1.82) is 0 Å². The molecule has 0 saturated carbocycles. The van der Waals surface area contributed by atoms with Crippen LogP contribution in [0.3, 0.4) is 0 Å². The fourth-order valence-corrected chi connectivity index (χ4v) is 2.62. The Balaban J connectivity index is 2.18. The summed E-state index contributed by atoms with van der Waals surface area (Å²) in [5.74, 6) is -0.0394.